The van der Waals surface area contributed by atoms with Gasteiger partial charge in [0, 0.05) is 6.04 Å². The zero-order chi connectivity index (χ0) is 15.3. The Bertz CT molecular complexity index is 552. The molecule has 0 heterocycles. The van der Waals surface area contributed by atoms with Crippen molar-refractivity contribution in [3.63, 3.8) is 0 Å². The van der Waals surface area contributed by atoms with Gasteiger partial charge in [-0.1, -0.05) is 13.8 Å². The van der Waals surface area contributed by atoms with Crippen LogP contribution in [0.3, 0.4) is 0 Å². The number of carbonyl (C=O) groups excluding carboxylic acids is 1. The van der Waals surface area contributed by atoms with Crippen LogP contribution < -0.4 is 15.2 Å². The van der Waals surface area contributed by atoms with Crippen molar-refractivity contribution in [3.8, 4) is 5.75 Å². The molecule has 1 aromatic rings. The van der Waals surface area contributed by atoms with Crippen molar-refractivity contribution in [1.82, 2.24) is 5.32 Å². The van der Waals surface area contributed by atoms with Gasteiger partial charge in [0.05, 0.1) is 4.90 Å². The summed E-state index contributed by atoms with van der Waals surface area (Å²) in [6, 6.07) is 5.65. The zero-order valence-corrected chi connectivity index (χ0v) is 12.6. The van der Waals surface area contributed by atoms with Crippen LogP contribution in [0.4, 0.5) is 0 Å². The van der Waals surface area contributed by atoms with Gasteiger partial charge in [0.2, 0.25) is 10.0 Å². The Kier molecular flexibility index (Phi) is 5.52. The van der Waals surface area contributed by atoms with Crippen molar-refractivity contribution >= 4 is 15.9 Å². The van der Waals surface area contributed by atoms with E-state index < -0.39 is 10.0 Å². The van der Waals surface area contributed by atoms with Gasteiger partial charge >= 0.3 is 0 Å². The topological polar surface area (TPSA) is 98.5 Å². The first kappa shape index (κ1) is 16.5. The first-order valence-electron chi connectivity index (χ1n) is 6.25. The Labute approximate surface area is 119 Å². The van der Waals surface area contributed by atoms with E-state index in [0.29, 0.717) is 11.7 Å². The molecule has 1 atom stereocenters. The van der Waals surface area contributed by atoms with E-state index in [0.717, 1.165) is 0 Å². The second-order valence-corrected chi connectivity index (χ2v) is 6.47. The number of sulfonamides is 1. The first-order chi connectivity index (χ1) is 9.20. The fourth-order valence-corrected chi connectivity index (χ4v) is 1.85. The molecule has 112 valence electrons. The monoisotopic (exact) mass is 300 g/mol. The van der Waals surface area contributed by atoms with Crippen molar-refractivity contribution in [2.45, 2.75) is 31.7 Å². The van der Waals surface area contributed by atoms with Crippen LogP contribution in [0.2, 0.25) is 0 Å². The molecular weight excluding hydrogens is 280 g/mol. The molecule has 0 bridgehead atoms. The largest absolute Gasteiger partial charge is 0.484 e. The van der Waals surface area contributed by atoms with Crippen molar-refractivity contribution in [2.24, 2.45) is 11.1 Å². The molecule has 1 unspecified atom stereocenters. The van der Waals surface area contributed by atoms with Crippen LogP contribution in [0, 0.1) is 5.92 Å². The van der Waals surface area contributed by atoms with E-state index in [1.54, 1.807) is 0 Å². The number of hydrogen-bond donors (Lipinski definition) is 2. The maximum absolute atomic E-state index is 11.6. The van der Waals surface area contributed by atoms with E-state index in [-0.39, 0.29) is 23.5 Å². The molecule has 1 aromatic carbocycles. The van der Waals surface area contributed by atoms with Crippen LogP contribution in [-0.4, -0.2) is 27.0 Å². The van der Waals surface area contributed by atoms with Gasteiger partial charge in [0.1, 0.15) is 5.75 Å². The molecule has 20 heavy (non-hydrogen) atoms. The van der Waals surface area contributed by atoms with E-state index >= 15 is 0 Å². The summed E-state index contributed by atoms with van der Waals surface area (Å²) in [6.45, 7) is 5.82. The molecule has 1 amide bonds. The lowest BCUT2D eigenvalue weighted by molar-refractivity contribution is -0.124. The number of primary sulfonamides is 1. The number of nitrogens with two attached hydrogens (primary N) is 1. The lowest BCUT2D eigenvalue weighted by Crippen LogP contribution is -2.38. The summed E-state index contributed by atoms with van der Waals surface area (Å²) in [5.41, 5.74) is 0. The van der Waals surface area contributed by atoms with Crippen LogP contribution in [0.15, 0.2) is 29.2 Å². The molecule has 1 rings (SSSR count). The molecular formula is C13H20N2O4S. The van der Waals surface area contributed by atoms with E-state index in [4.69, 9.17) is 9.88 Å². The number of amides is 1. The van der Waals surface area contributed by atoms with Gasteiger partial charge in [-0.05, 0) is 37.1 Å². The predicted molar refractivity (Wildman–Crippen MR) is 75.8 cm³/mol. The number of ether oxygens (including phenoxy) is 1. The standard InChI is InChI=1S/C13H20N2O4S/c1-9(2)10(3)15-13(16)8-19-11-4-6-12(7-5-11)20(14,17)18/h4-7,9-10H,8H2,1-3H3,(H,15,16)(H2,14,17,18). The highest BCUT2D eigenvalue weighted by Crippen LogP contribution is 2.14. The molecule has 7 heteroatoms. The highest BCUT2D eigenvalue weighted by molar-refractivity contribution is 7.89. The Balaban J connectivity index is 2.52. The van der Waals surface area contributed by atoms with Gasteiger partial charge in [-0.2, -0.15) is 0 Å². The fourth-order valence-electron chi connectivity index (χ4n) is 1.34. The summed E-state index contributed by atoms with van der Waals surface area (Å²) in [5, 5.41) is 7.78. The lowest BCUT2D eigenvalue weighted by Gasteiger charge is -2.17. The normalized spacial score (nSPS) is 13.1. The van der Waals surface area contributed by atoms with Crippen LogP contribution in [0.1, 0.15) is 20.8 Å². The number of benzene rings is 1. The van der Waals surface area contributed by atoms with Crippen LogP contribution in [-0.2, 0) is 14.8 Å². The van der Waals surface area contributed by atoms with Crippen LogP contribution in [0.25, 0.3) is 0 Å². The number of nitrogens with one attached hydrogen (secondary N) is 1. The molecule has 0 spiro atoms. The minimum atomic E-state index is -3.71. The highest BCUT2D eigenvalue weighted by atomic mass is 32.2. The lowest BCUT2D eigenvalue weighted by atomic mass is 10.1. The smallest absolute Gasteiger partial charge is 0.258 e. The van der Waals surface area contributed by atoms with Crippen LogP contribution >= 0.6 is 0 Å². The molecule has 0 aliphatic carbocycles. The van der Waals surface area contributed by atoms with Crippen LogP contribution in [0.5, 0.6) is 5.75 Å². The Morgan fingerprint density at radius 3 is 2.25 bits per heavy atom. The van der Waals surface area contributed by atoms with E-state index in [2.05, 4.69) is 5.32 Å². The van der Waals surface area contributed by atoms with E-state index in [1.807, 2.05) is 20.8 Å². The summed E-state index contributed by atoms with van der Waals surface area (Å²) in [5.74, 6) is 0.527. The molecule has 6 nitrogen and oxygen atoms in total. The zero-order valence-electron chi connectivity index (χ0n) is 11.8. The molecule has 3 N–H and O–H groups in total. The van der Waals surface area contributed by atoms with Gasteiger partial charge in [0.25, 0.3) is 5.91 Å². The van der Waals surface area contributed by atoms with E-state index in [9.17, 15) is 13.2 Å². The third-order valence-electron chi connectivity index (χ3n) is 2.91. The second-order valence-electron chi connectivity index (χ2n) is 4.91. The molecule has 0 aliphatic rings. The number of carbonyl (C=O) groups is 1. The third kappa shape index (κ3) is 5.18. The summed E-state index contributed by atoms with van der Waals surface area (Å²) >= 11 is 0. The third-order valence-corrected chi connectivity index (χ3v) is 3.84. The van der Waals surface area contributed by atoms with E-state index in [1.165, 1.54) is 24.3 Å². The molecule has 0 aromatic heterocycles. The van der Waals surface area contributed by atoms with Crippen molar-refractivity contribution in [2.75, 3.05) is 6.61 Å². The summed E-state index contributed by atoms with van der Waals surface area (Å²) in [4.78, 5) is 11.6. The maximum atomic E-state index is 11.6. The Hall–Kier alpha value is -1.60. The molecule has 0 radical (unpaired) electrons. The van der Waals surface area contributed by atoms with Gasteiger partial charge in [-0.15, -0.1) is 0 Å². The first-order valence-corrected chi connectivity index (χ1v) is 7.80. The molecule has 0 saturated heterocycles. The maximum Gasteiger partial charge on any atom is 0.258 e. The van der Waals surface area contributed by atoms with Gasteiger partial charge in [0.15, 0.2) is 6.61 Å². The fraction of sp³-hybridized carbons (Fsp3) is 0.462. The summed E-state index contributed by atoms with van der Waals surface area (Å²) in [6.07, 6.45) is 0. The molecule has 0 saturated carbocycles. The average molecular weight is 300 g/mol. The number of hydrogen-bond acceptors (Lipinski definition) is 4. The SMILES string of the molecule is CC(C)C(C)NC(=O)COc1ccc(S(N)(=O)=O)cc1. The molecule has 0 aliphatic heterocycles. The van der Waals surface area contributed by atoms with Crippen molar-refractivity contribution in [1.29, 1.82) is 0 Å². The second kappa shape index (κ2) is 6.71. The number of rotatable bonds is 6. The van der Waals surface area contributed by atoms with Gasteiger partial charge in [-0.25, -0.2) is 13.6 Å². The molecule has 0 fully saturated rings. The quantitative estimate of drug-likeness (QED) is 0.814. The van der Waals surface area contributed by atoms with Crippen molar-refractivity contribution in [3.05, 3.63) is 24.3 Å². The minimum Gasteiger partial charge on any atom is -0.484 e. The summed E-state index contributed by atoms with van der Waals surface area (Å²) in [7, 11) is -3.71. The summed E-state index contributed by atoms with van der Waals surface area (Å²) < 4.78 is 27.4. The van der Waals surface area contributed by atoms with Gasteiger partial charge < -0.3 is 10.1 Å². The highest BCUT2D eigenvalue weighted by Gasteiger charge is 2.11. The predicted octanol–water partition coefficient (Wildman–Crippen LogP) is 0.874. The Morgan fingerprint density at radius 1 is 1.25 bits per heavy atom. The van der Waals surface area contributed by atoms with Gasteiger partial charge in [-0.3, -0.25) is 4.79 Å². The Morgan fingerprint density at radius 2 is 1.80 bits per heavy atom. The minimum absolute atomic E-state index is 0.00253. The average Bonchev–Trinajstić information content (AvgIpc) is 2.35. The van der Waals surface area contributed by atoms with Crippen molar-refractivity contribution < 1.29 is 17.9 Å².